The van der Waals surface area contributed by atoms with Gasteiger partial charge in [0, 0.05) is 24.8 Å². The molecule has 3 rings (SSSR count). The molecule has 0 aliphatic carbocycles. The standard InChI is InChI=1S/C20H22N4O2/c1-15(25)22-18-10-8-16(9-11-18)13-21-23-20(26)14-24-12-4-6-17-5-2-3-7-19(17)24/h2-3,5,7-11,13H,4,6,12,14H2,1H3,(H,22,25)(H,23,26)/b21-13-. The lowest BCUT2D eigenvalue weighted by Gasteiger charge is -2.30. The lowest BCUT2D eigenvalue weighted by molar-refractivity contribution is -0.119. The highest BCUT2D eigenvalue weighted by Gasteiger charge is 2.18. The maximum Gasteiger partial charge on any atom is 0.259 e. The Labute approximate surface area is 152 Å². The monoisotopic (exact) mass is 350 g/mol. The molecule has 2 amide bonds. The molecule has 0 saturated heterocycles. The van der Waals surface area contributed by atoms with E-state index in [0.29, 0.717) is 0 Å². The van der Waals surface area contributed by atoms with Crippen LogP contribution < -0.4 is 15.6 Å². The molecule has 0 unspecified atom stereocenters. The van der Waals surface area contributed by atoms with Gasteiger partial charge in [-0.3, -0.25) is 9.59 Å². The molecule has 2 aromatic carbocycles. The molecule has 0 atom stereocenters. The number of aryl methyl sites for hydroxylation is 1. The third-order valence-electron chi connectivity index (χ3n) is 4.17. The van der Waals surface area contributed by atoms with E-state index in [-0.39, 0.29) is 18.4 Å². The zero-order valence-electron chi connectivity index (χ0n) is 14.7. The van der Waals surface area contributed by atoms with Crippen molar-refractivity contribution in [1.29, 1.82) is 0 Å². The number of anilines is 2. The van der Waals surface area contributed by atoms with Gasteiger partial charge in [-0.15, -0.1) is 0 Å². The van der Waals surface area contributed by atoms with E-state index in [2.05, 4.69) is 32.9 Å². The van der Waals surface area contributed by atoms with Crippen LogP contribution >= 0.6 is 0 Å². The predicted octanol–water partition coefficient (Wildman–Crippen LogP) is 2.55. The average Bonchev–Trinajstić information content (AvgIpc) is 2.63. The molecule has 26 heavy (non-hydrogen) atoms. The third-order valence-corrected chi connectivity index (χ3v) is 4.17. The van der Waals surface area contributed by atoms with Crippen LogP contribution in [0.15, 0.2) is 53.6 Å². The van der Waals surface area contributed by atoms with E-state index >= 15 is 0 Å². The first-order chi connectivity index (χ1) is 12.6. The fourth-order valence-electron chi connectivity index (χ4n) is 3.02. The van der Waals surface area contributed by atoms with E-state index in [4.69, 9.17) is 0 Å². The summed E-state index contributed by atoms with van der Waals surface area (Å²) in [4.78, 5) is 25.3. The number of hydrogen-bond donors (Lipinski definition) is 2. The van der Waals surface area contributed by atoms with Gasteiger partial charge >= 0.3 is 0 Å². The van der Waals surface area contributed by atoms with Crippen molar-refractivity contribution >= 4 is 29.4 Å². The third kappa shape index (κ3) is 4.69. The molecule has 0 fully saturated rings. The Hall–Kier alpha value is -3.15. The summed E-state index contributed by atoms with van der Waals surface area (Å²) in [6, 6.07) is 15.4. The SMILES string of the molecule is CC(=O)Nc1ccc(/C=N\NC(=O)CN2CCCc3ccccc32)cc1. The summed E-state index contributed by atoms with van der Waals surface area (Å²) in [5.41, 5.74) is 6.55. The molecule has 0 aromatic heterocycles. The molecule has 0 spiro atoms. The number of nitrogens with zero attached hydrogens (tertiary/aromatic N) is 2. The fraction of sp³-hybridized carbons (Fsp3) is 0.250. The molecule has 6 heteroatoms. The van der Waals surface area contributed by atoms with Gasteiger partial charge in [-0.1, -0.05) is 30.3 Å². The number of para-hydroxylation sites is 1. The highest BCUT2D eigenvalue weighted by atomic mass is 16.2. The van der Waals surface area contributed by atoms with Crippen LogP contribution in [0, 0.1) is 0 Å². The van der Waals surface area contributed by atoms with Crippen LogP contribution in [0.2, 0.25) is 0 Å². The molecule has 0 bridgehead atoms. The Morgan fingerprint density at radius 1 is 1.15 bits per heavy atom. The summed E-state index contributed by atoms with van der Waals surface area (Å²) in [6.07, 6.45) is 3.69. The van der Waals surface area contributed by atoms with Gasteiger partial charge in [0.05, 0.1) is 12.8 Å². The molecule has 134 valence electrons. The Bertz CT molecular complexity index is 815. The summed E-state index contributed by atoms with van der Waals surface area (Å²) in [5, 5.41) is 6.72. The van der Waals surface area contributed by atoms with E-state index in [9.17, 15) is 9.59 Å². The van der Waals surface area contributed by atoms with Crippen LogP contribution in [-0.4, -0.2) is 31.1 Å². The second-order valence-electron chi connectivity index (χ2n) is 6.25. The van der Waals surface area contributed by atoms with Crippen LogP contribution in [-0.2, 0) is 16.0 Å². The first-order valence-corrected chi connectivity index (χ1v) is 8.64. The smallest absolute Gasteiger partial charge is 0.259 e. The topological polar surface area (TPSA) is 73.8 Å². The van der Waals surface area contributed by atoms with E-state index in [1.54, 1.807) is 18.3 Å². The minimum atomic E-state index is -0.146. The highest BCUT2D eigenvalue weighted by molar-refractivity contribution is 5.89. The molecule has 0 radical (unpaired) electrons. The van der Waals surface area contributed by atoms with Gasteiger partial charge in [-0.05, 0) is 42.2 Å². The fourth-order valence-corrected chi connectivity index (χ4v) is 3.02. The number of hydrogen-bond acceptors (Lipinski definition) is 4. The van der Waals surface area contributed by atoms with Crippen molar-refractivity contribution in [1.82, 2.24) is 5.43 Å². The van der Waals surface area contributed by atoms with Gasteiger partial charge in [0.15, 0.2) is 0 Å². The van der Waals surface area contributed by atoms with Crippen molar-refractivity contribution in [2.45, 2.75) is 19.8 Å². The minimum Gasteiger partial charge on any atom is -0.362 e. The van der Waals surface area contributed by atoms with Gasteiger partial charge in [0.1, 0.15) is 0 Å². The summed E-state index contributed by atoms with van der Waals surface area (Å²) >= 11 is 0. The zero-order valence-corrected chi connectivity index (χ0v) is 14.7. The Kier molecular flexibility index (Phi) is 5.63. The van der Waals surface area contributed by atoms with Crippen molar-refractivity contribution in [3.05, 3.63) is 59.7 Å². The maximum atomic E-state index is 12.2. The molecule has 1 heterocycles. The van der Waals surface area contributed by atoms with E-state index in [1.807, 2.05) is 24.3 Å². The van der Waals surface area contributed by atoms with Gasteiger partial charge < -0.3 is 10.2 Å². The lowest BCUT2D eigenvalue weighted by Crippen LogP contribution is -2.38. The number of nitrogens with one attached hydrogen (secondary N) is 2. The van der Waals surface area contributed by atoms with Crippen LogP contribution in [0.25, 0.3) is 0 Å². The Balaban J connectivity index is 1.53. The Morgan fingerprint density at radius 2 is 1.92 bits per heavy atom. The van der Waals surface area contributed by atoms with Crippen LogP contribution in [0.3, 0.4) is 0 Å². The van der Waals surface area contributed by atoms with E-state index in [1.165, 1.54) is 12.5 Å². The van der Waals surface area contributed by atoms with Crippen molar-refractivity contribution in [2.75, 3.05) is 23.3 Å². The first-order valence-electron chi connectivity index (χ1n) is 8.64. The minimum absolute atomic E-state index is 0.113. The van der Waals surface area contributed by atoms with Crippen LogP contribution in [0.4, 0.5) is 11.4 Å². The van der Waals surface area contributed by atoms with E-state index in [0.717, 1.165) is 36.3 Å². The summed E-state index contributed by atoms with van der Waals surface area (Å²) in [6.45, 7) is 2.63. The van der Waals surface area contributed by atoms with Crippen LogP contribution in [0.5, 0.6) is 0 Å². The van der Waals surface area contributed by atoms with Crippen molar-refractivity contribution in [2.24, 2.45) is 5.10 Å². The zero-order chi connectivity index (χ0) is 18.4. The average molecular weight is 350 g/mol. The molecule has 0 saturated carbocycles. The van der Waals surface area contributed by atoms with E-state index < -0.39 is 0 Å². The quantitative estimate of drug-likeness (QED) is 0.643. The first kappa shape index (κ1) is 17.7. The van der Waals surface area contributed by atoms with Gasteiger partial charge in [0.2, 0.25) is 5.91 Å². The molecule has 2 N–H and O–H groups in total. The number of rotatable bonds is 5. The molecule has 6 nitrogen and oxygen atoms in total. The number of hydrazone groups is 1. The number of amides is 2. The number of fused-ring (bicyclic) bond motifs is 1. The second kappa shape index (κ2) is 8.29. The number of benzene rings is 2. The molecule has 1 aliphatic rings. The summed E-state index contributed by atoms with van der Waals surface area (Å²) < 4.78 is 0. The van der Waals surface area contributed by atoms with Crippen molar-refractivity contribution in [3.63, 3.8) is 0 Å². The largest absolute Gasteiger partial charge is 0.362 e. The number of carbonyl (C=O) groups excluding carboxylic acids is 2. The normalized spacial score (nSPS) is 13.3. The van der Waals surface area contributed by atoms with Crippen LogP contribution in [0.1, 0.15) is 24.5 Å². The number of carbonyl (C=O) groups is 2. The van der Waals surface area contributed by atoms with Gasteiger partial charge in [-0.2, -0.15) is 5.10 Å². The maximum absolute atomic E-state index is 12.2. The van der Waals surface area contributed by atoms with Crippen molar-refractivity contribution < 1.29 is 9.59 Å². The highest BCUT2D eigenvalue weighted by Crippen LogP contribution is 2.26. The van der Waals surface area contributed by atoms with Crippen molar-refractivity contribution in [3.8, 4) is 0 Å². The lowest BCUT2D eigenvalue weighted by atomic mass is 10.0. The molecular formula is C20H22N4O2. The molecule has 1 aliphatic heterocycles. The summed E-state index contributed by atoms with van der Waals surface area (Å²) in [5.74, 6) is -0.259. The van der Waals surface area contributed by atoms with Gasteiger partial charge in [-0.25, -0.2) is 5.43 Å². The predicted molar refractivity (Wildman–Crippen MR) is 103 cm³/mol. The van der Waals surface area contributed by atoms with Gasteiger partial charge in [0.25, 0.3) is 5.91 Å². The second-order valence-corrected chi connectivity index (χ2v) is 6.25. The summed E-state index contributed by atoms with van der Waals surface area (Å²) in [7, 11) is 0. The Morgan fingerprint density at radius 3 is 2.69 bits per heavy atom. The molecular weight excluding hydrogens is 328 g/mol. The molecule has 2 aromatic rings.